The van der Waals surface area contributed by atoms with Crippen LogP contribution in [0.3, 0.4) is 0 Å². The molecular formula is C17H26O2. The third kappa shape index (κ3) is 1.96. The molecule has 0 bridgehead atoms. The van der Waals surface area contributed by atoms with Crippen molar-refractivity contribution in [1.82, 2.24) is 0 Å². The summed E-state index contributed by atoms with van der Waals surface area (Å²) in [6, 6.07) is 0. The van der Waals surface area contributed by atoms with E-state index in [1.165, 1.54) is 12.8 Å². The second-order valence-electron chi connectivity index (χ2n) is 6.87. The van der Waals surface area contributed by atoms with Gasteiger partial charge in [-0.05, 0) is 55.4 Å². The molecule has 0 aromatic heterocycles. The van der Waals surface area contributed by atoms with E-state index in [4.69, 9.17) is 4.74 Å². The van der Waals surface area contributed by atoms with Crippen LogP contribution >= 0.6 is 0 Å². The number of ether oxygens (including phenoxy) is 1. The van der Waals surface area contributed by atoms with Gasteiger partial charge in [-0.2, -0.15) is 0 Å². The van der Waals surface area contributed by atoms with Gasteiger partial charge in [0.2, 0.25) is 0 Å². The zero-order chi connectivity index (χ0) is 13.6. The number of hydrogen-bond acceptors (Lipinski definition) is 2. The molecule has 0 heterocycles. The van der Waals surface area contributed by atoms with Crippen LogP contribution in [0.2, 0.25) is 0 Å². The Morgan fingerprint density at radius 1 is 1.37 bits per heavy atom. The molecule has 1 fully saturated rings. The number of aliphatic hydroxyl groups excluding tert-OH is 1. The van der Waals surface area contributed by atoms with Crippen LogP contribution in [0, 0.1) is 17.3 Å². The van der Waals surface area contributed by atoms with E-state index in [1.54, 1.807) is 18.3 Å². The molecule has 0 aromatic rings. The fourth-order valence-electron chi connectivity index (χ4n) is 4.81. The van der Waals surface area contributed by atoms with E-state index in [2.05, 4.69) is 19.9 Å². The Hall–Kier alpha value is -0.760. The van der Waals surface area contributed by atoms with Gasteiger partial charge >= 0.3 is 0 Å². The van der Waals surface area contributed by atoms with E-state index in [1.807, 2.05) is 0 Å². The molecule has 1 saturated carbocycles. The Morgan fingerprint density at radius 3 is 2.89 bits per heavy atom. The Labute approximate surface area is 116 Å². The predicted molar refractivity (Wildman–Crippen MR) is 76.6 cm³/mol. The van der Waals surface area contributed by atoms with Gasteiger partial charge in [-0.1, -0.05) is 25.0 Å². The van der Waals surface area contributed by atoms with Gasteiger partial charge in [-0.3, -0.25) is 0 Å². The van der Waals surface area contributed by atoms with Gasteiger partial charge in [0, 0.05) is 6.42 Å². The van der Waals surface area contributed by atoms with Crippen LogP contribution in [-0.4, -0.2) is 18.3 Å². The highest BCUT2D eigenvalue weighted by atomic mass is 16.5. The van der Waals surface area contributed by atoms with Crippen LogP contribution in [0.25, 0.3) is 0 Å². The van der Waals surface area contributed by atoms with Crippen molar-refractivity contribution in [3.05, 3.63) is 23.0 Å². The lowest BCUT2D eigenvalue weighted by Crippen LogP contribution is -2.46. The third-order valence-electron chi connectivity index (χ3n) is 6.08. The molecule has 0 aliphatic heterocycles. The van der Waals surface area contributed by atoms with E-state index in [-0.39, 0.29) is 6.10 Å². The highest BCUT2D eigenvalue weighted by molar-refractivity contribution is 5.35. The van der Waals surface area contributed by atoms with Gasteiger partial charge in [-0.15, -0.1) is 0 Å². The summed E-state index contributed by atoms with van der Waals surface area (Å²) in [4.78, 5) is 0. The fraction of sp³-hybridized carbons (Fsp3) is 0.765. The van der Waals surface area contributed by atoms with Gasteiger partial charge in [0.1, 0.15) is 0 Å². The maximum Gasteiger partial charge on any atom is 0.0959 e. The first-order chi connectivity index (χ1) is 9.06. The molecule has 3 aliphatic carbocycles. The summed E-state index contributed by atoms with van der Waals surface area (Å²) in [5, 5.41) is 10.2. The molecule has 4 atom stereocenters. The number of aliphatic hydroxyl groups is 1. The van der Waals surface area contributed by atoms with Gasteiger partial charge in [-0.25, -0.2) is 0 Å². The van der Waals surface area contributed by atoms with E-state index < -0.39 is 0 Å². The summed E-state index contributed by atoms with van der Waals surface area (Å²) in [5.74, 6) is 2.25. The second-order valence-corrected chi connectivity index (χ2v) is 6.87. The lowest BCUT2D eigenvalue weighted by Gasteiger charge is -2.53. The summed E-state index contributed by atoms with van der Waals surface area (Å²) in [6.07, 6.45) is 8.82. The smallest absolute Gasteiger partial charge is 0.0959 e. The highest BCUT2D eigenvalue weighted by Crippen LogP contribution is 2.57. The SMILES string of the molecule is COC1=CCC2=C(CC[C@H]3[C@H](C)[C@@H](O)CC[C@]23C)C1. The van der Waals surface area contributed by atoms with Gasteiger partial charge in [0.05, 0.1) is 19.0 Å². The third-order valence-corrected chi connectivity index (χ3v) is 6.08. The van der Waals surface area contributed by atoms with E-state index >= 15 is 0 Å². The Morgan fingerprint density at radius 2 is 2.16 bits per heavy atom. The molecule has 1 N–H and O–H groups in total. The minimum Gasteiger partial charge on any atom is -0.501 e. The lowest BCUT2D eigenvalue weighted by molar-refractivity contribution is -0.0266. The van der Waals surface area contributed by atoms with Crippen molar-refractivity contribution in [1.29, 1.82) is 0 Å². The highest BCUT2D eigenvalue weighted by Gasteiger charge is 2.48. The second kappa shape index (κ2) is 4.66. The molecule has 3 aliphatic rings. The zero-order valence-electron chi connectivity index (χ0n) is 12.4. The molecule has 0 spiro atoms. The lowest BCUT2D eigenvalue weighted by atomic mass is 9.53. The van der Waals surface area contributed by atoms with Crippen molar-refractivity contribution in [2.45, 2.75) is 58.5 Å². The van der Waals surface area contributed by atoms with Crippen LogP contribution < -0.4 is 0 Å². The average molecular weight is 262 g/mol. The Balaban J connectivity index is 1.91. The topological polar surface area (TPSA) is 29.5 Å². The van der Waals surface area contributed by atoms with Gasteiger partial charge < -0.3 is 9.84 Å². The molecule has 0 amide bonds. The van der Waals surface area contributed by atoms with Crippen molar-refractivity contribution in [3.63, 3.8) is 0 Å². The minimum atomic E-state index is -0.0890. The van der Waals surface area contributed by atoms with Gasteiger partial charge in [0.25, 0.3) is 0 Å². The molecule has 0 radical (unpaired) electrons. The van der Waals surface area contributed by atoms with Crippen LogP contribution in [0.5, 0.6) is 0 Å². The molecule has 106 valence electrons. The first-order valence-electron chi connectivity index (χ1n) is 7.68. The monoisotopic (exact) mass is 262 g/mol. The van der Waals surface area contributed by atoms with Crippen LogP contribution in [0.4, 0.5) is 0 Å². The predicted octanol–water partition coefficient (Wildman–Crippen LogP) is 3.81. The standard InChI is InChI=1S/C17H26O2/c1-11-14-6-4-12-10-13(19-3)5-7-15(12)17(14,2)9-8-16(11)18/h5,11,14,16,18H,4,6-10H2,1-3H3/t11-,14-,16-,17-/m0/s1. The van der Waals surface area contributed by atoms with Crippen LogP contribution in [0.15, 0.2) is 23.0 Å². The molecule has 0 saturated heterocycles. The fourth-order valence-corrected chi connectivity index (χ4v) is 4.81. The molecular weight excluding hydrogens is 236 g/mol. The number of allylic oxidation sites excluding steroid dienone is 3. The summed E-state index contributed by atoms with van der Waals surface area (Å²) in [5.41, 5.74) is 3.62. The number of fused-ring (bicyclic) bond motifs is 2. The summed E-state index contributed by atoms with van der Waals surface area (Å²) in [7, 11) is 1.78. The van der Waals surface area contributed by atoms with Crippen molar-refractivity contribution >= 4 is 0 Å². The molecule has 0 aromatic carbocycles. The maximum absolute atomic E-state index is 10.2. The summed E-state index contributed by atoms with van der Waals surface area (Å²) in [6.45, 7) is 4.69. The van der Waals surface area contributed by atoms with E-state index in [9.17, 15) is 5.11 Å². The molecule has 0 unspecified atom stereocenters. The zero-order valence-corrected chi connectivity index (χ0v) is 12.4. The summed E-state index contributed by atoms with van der Waals surface area (Å²) < 4.78 is 5.43. The number of hydrogen-bond donors (Lipinski definition) is 1. The van der Waals surface area contributed by atoms with Crippen LogP contribution in [0.1, 0.15) is 52.4 Å². The van der Waals surface area contributed by atoms with Crippen molar-refractivity contribution in [3.8, 4) is 0 Å². The number of methoxy groups -OCH3 is 1. The van der Waals surface area contributed by atoms with Crippen LogP contribution in [-0.2, 0) is 4.74 Å². The van der Waals surface area contributed by atoms with E-state index in [0.29, 0.717) is 17.3 Å². The number of rotatable bonds is 1. The molecule has 2 heteroatoms. The Bertz CT molecular complexity index is 435. The first kappa shape index (κ1) is 13.2. The molecule has 2 nitrogen and oxygen atoms in total. The Kier molecular flexibility index (Phi) is 3.24. The average Bonchev–Trinajstić information content (AvgIpc) is 2.43. The molecule has 19 heavy (non-hydrogen) atoms. The van der Waals surface area contributed by atoms with Crippen molar-refractivity contribution < 1.29 is 9.84 Å². The normalized spacial score (nSPS) is 42.3. The maximum atomic E-state index is 10.2. The van der Waals surface area contributed by atoms with Crippen molar-refractivity contribution in [2.75, 3.05) is 7.11 Å². The van der Waals surface area contributed by atoms with E-state index in [0.717, 1.165) is 31.4 Å². The molecule has 3 rings (SSSR count). The minimum absolute atomic E-state index is 0.0890. The van der Waals surface area contributed by atoms with Crippen molar-refractivity contribution in [2.24, 2.45) is 17.3 Å². The largest absolute Gasteiger partial charge is 0.501 e. The first-order valence-corrected chi connectivity index (χ1v) is 7.68. The quantitative estimate of drug-likeness (QED) is 0.728. The summed E-state index contributed by atoms with van der Waals surface area (Å²) >= 11 is 0. The van der Waals surface area contributed by atoms with Gasteiger partial charge in [0.15, 0.2) is 0 Å².